The zero-order chi connectivity index (χ0) is 18.1. The van der Waals surface area contributed by atoms with E-state index in [2.05, 4.69) is 5.32 Å². The molecule has 25 heavy (non-hydrogen) atoms. The van der Waals surface area contributed by atoms with E-state index in [0.29, 0.717) is 0 Å². The Morgan fingerprint density at radius 1 is 1.20 bits per heavy atom. The van der Waals surface area contributed by atoms with Crippen LogP contribution in [0.4, 0.5) is 20.2 Å². The van der Waals surface area contributed by atoms with Gasteiger partial charge in [-0.2, -0.15) is 0 Å². The van der Waals surface area contributed by atoms with E-state index in [1.54, 1.807) is 13.0 Å². The van der Waals surface area contributed by atoms with Gasteiger partial charge in [-0.15, -0.1) is 0 Å². The summed E-state index contributed by atoms with van der Waals surface area (Å²) in [5, 5.41) is 2.51. The van der Waals surface area contributed by atoms with E-state index in [1.165, 1.54) is 29.2 Å². The first-order valence-corrected chi connectivity index (χ1v) is 8.05. The largest absolute Gasteiger partial charge is 0.326 e. The van der Waals surface area contributed by atoms with E-state index in [9.17, 15) is 18.4 Å². The van der Waals surface area contributed by atoms with Crippen LogP contribution in [0.15, 0.2) is 36.4 Å². The summed E-state index contributed by atoms with van der Waals surface area (Å²) in [6.45, 7) is 1.82. The number of carbonyl (C=O) groups excluding carboxylic acids is 2. The Balaban J connectivity index is 1.73. The third kappa shape index (κ3) is 3.64. The number of carbonyl (C=O) groups is 2. The molecule has 1 atom stereocenters. The minimum Gasteiger partial charge on any atom is -0.326 e. The number of aryl methyl sites for hydroxylation is 1. The molecule has 2 aromatic rings. The number of nitrogens with zero attached hydrogens (tertiary/aromatic N) is 1. The Morgan fingerprint density at radius 2 is 1.96 bits per heavy atom. The van der Waals surface area contributed by atoms with Gasteiger partial charge in [0.1, 0.15) is 11.6 Å². The quantitative estimate of drug-likeness (QED) is 0.897. The van der Waals surface area contributed by atoms with Gasteiger partial charge in [0.05, 0.1) is 16.6 Å². The fraction of sp³-hybridized carbons (Fsp3) is 0.222. The van der Waals surface area contributed by atoms with Crippen molar-refractivity contribution in [1.82, 2.24) is 0 Å². The molecule has 0 radical (unpaired) electrons. The molecule has 3 rings (SSSR count). The van der Waals surface area contributed by atoms with Crippen LogP contribution < -0.4 is 10.2 Å². The highest BCUT2D eigenvalue weighted by molar-refractivity contribution is 6.30. The number of amides is 2. The van der Waals surface area contributed by atoms with Gasteiger partial charge in [-0.1, -0.05) is 17.7 Å². The van der Waals surface area contributed by atoms with Gasteiger partial charge < -0.3 is 10.2 Å². The molecular formula is C18H15ClF2N2O2. The van der Waals surface area contributed by atoms with Gasteiger partial charge in [-0.05, 0) is 42.8 Å². The summed E-state index contributed by atoms with van der Waals surface area (Å²) in [6, 6.07) is 8.48. The van der Waals surface area contributed by atoms with Gasteiger partial charge in [0.25, 0.3) is 0 Å². The van der Waals surface area contributed by atoms with Crippen LogP contribution in [0.3, 0.4) is 0 Å². The minimum atomic E-state index is -0.648. The maximum absolute atomic E-state index is 14.1. The molecule has 0 aliphatic carbocycles. The summed E-state index contributed by atoms with van der Waals surface area (Å²) in [6.07, 6.45) is -0.0325. The van der Waals surface area contributed by atoms with Crippen LogP contribution in [0, 0.1) is 24.5 Å². The smallest absolute Gasteiger partial charge is 0.229 e. The Labute approximate surface area is 148 Å². The number of rotatable bonds is 3. The molecule has 2 amide bonds. The molecule has 1 fully saturated rings. The molecule has 0 aromatic heterocycles. The molecule has 7 heteroatoms. The second-order valence-corrected chi connectivity index (χ2v) is 6.39. The van der Waals surface area contributed by atoms with Crippen molar-refractivity contribution in [2.75, 3.05) is 16.8 Å². The topological polar surface area (TPSA) is 49.4 Å². The number of anilines is 2. The van der Waals surface area contributed by atoms with E-state index < -0.39 is 23.5 Å². The summed E-state index contributed by atoms with van der Waals surface area (Å²) >= 11 is 5.60. The fourth-order valence-electron chi connectivity index (χ4n) is 2.77. The lowest BCUT2D eigenvalue weighted by molar-refractivity contribution is -0.122. The monoisotopic (exact) mass is 364 g/mol. The van der Waals surface area contributed by atoms with Crippen molar-refractivity contribution in [3.63, 3.8) is 0 Å². The van der Waals surface area contributed by atoms with E-state index in [0.717, 1.165) is 11.6 Å². The molecular weight excluding hydrogens is 350 g/mol. The zero-order valence-electron chi connectivity index (χ0n) is 13.4. The lowest BCUT2D eigenvalue weighted by Gasteiger charge is -2.18. The molecule has 1 heterocycles. The number of hydrogen-bond donors (Lipinski definition) is 1. The van der Waals surface area contributed by atoms with E-state index in [1.807, 2.05) is 0 Å². The van der Waals surface area contributed by atoms with Crippen LogP contribution in [0.1, 0.15) is 12.0 Å². The van der Waals surface area contributed by atoms with E-state index in [-0.39, 0.29) is 35.3 Å². The molecule has 1 saturated heterocycles. The highest BCUT2D eigenvalue weighted by Crippen LogP contribution is 2.29. The lowest BCUT2D eigenvalue weighted by Crippen LogP contribution is -2.28. The SMILES string of the molecule is Cc1ccc(N2CC(C(=O)Nc3ccc(Cl)c(F)c3)CC2=O)c(F)c1. The van der Waals surface area contributed by atoms with Gasteiger partial charge >= 0.3 is 0 Å². The molecule has 0 saturated carbocycles. The van der Waals surface area contributed by atoms with Gasteiger partial charge in [0.15, 0.2) is 0 Å². The summed E-state index contributed by atoms with van der Waals surface area (Å²) in [4.78, 5) is 25.8. The molecule has 1 unspecified atom stereocenters. The Hall–Kier alpha value is -2.47. The average Bonchev–Trinajstić information content (AvgIpc) is 2.93. The molecule has 0 spiro atoms. The van der Waals surface area contributed by atoms with Crippen molar-refractivity contribution in [2.24, 2.45) is 5.92 Å². The highest BCUT2D eigenvalue weighted by Gasteiger charge is 2.36. The molecule has 4 nitrogen and oxygen atoms in total. The zero-order valence-corrected chi connectivity index (χ0v) is 14.1. The number of halogens is 3. The third-order valence-corrected chi connectivity index (χ3v) is 4.38. The first-order valence-electron chi connectivity index (χ1n) is 7.67. The molecule has 1 N–H and O–H groups in total. The minimum absolute atomic E-state index is 0.0325. The van der Waals surface area contributed by atoms with Crippen molar-refractivity contribution in [2.45, 2.75) is 13.3 Å². The summed E-state index contributed by atoms with van der Waals surface area (Å²) < 4.78 is 27.5. The standard InChI is InChI=1S/C18H15ClF2N2O2/c1-10-2-5-16(15(21)6-10)23-9-11(7-17(23)24)18(25)22-12-3-4-13(19)14(20)8-12/h2-6,8,11H,7,9H2,1H3,(H,22,25). The van der Waals surface area contributed by atoms with E-state index >= 15 is 0 Å². The molecule has 0 bridgehead atoms. The van der Waals surface area contributed by atoms with Crippen molar-refractivity contribution < 1.29 is 18.4 Å². The Bertz CT molecular complexity index is 857. The second-order valence-electron chi connectivity index (χ2n) is 5.98. The number of benzene rings is 2. The van der Waals surface area contributed by atoms with Gasteiger partial charge in [0, 0.05) is 18.7 Å². The number of nitrogens with one attached hydrogen (secondary N) is 1. The predicted octanol–water partition coefficient (Wildman–Crippen LogP) is 3.92. The Morgan fingerprint density at radius 3 is 2.64 bits per heavy atom. The van der Waals surface area contributed by atoms with Crippen molar-refractivity contribution >= 4 is 34.8 Å². The van der Waals surface area contributed by atoms with Crippen LogP contribution in [-0.2, 0) is 9.59 Å². The summed E-state index contributed by atoms with van der Waals surface area (Å²) in [5.41, 5.74) is 1.15. The highest BCUT2D eigenvalue weighted by atomic mass is 35.5. The molecule has 1 aliphatic rings. The second kappa shape index (κ2) is 6.80. The summed E-state index contributed by atoms with van der Waals surface area (Å²) in [5.74, 6) is -2.55. The van der Waals surface area contributed by atoms with Crippen molar-refractivity contribution in [1.29, 1.82) is 0 Å². The van der Waals surface area contributed by atoms with Crippen LogP contribution in [0.5, 0.6) is 0 Å². The third-order valence-electron chi connectivity index (χ3n) is 4.08. The van der Waals surface area contributed by atoms with Crippen LogP contribution in [0.2, 0.25) is 5.02 Å². The fourth-order valence-corrected chi connectivity index (χ4v) is 2.88. The van der Waals surface area contributed by atoms with E-state index in [4.69, 9.17) is 11.6 Å². The first kappa shape index (κ1) is 17.4. The van der Waals surface area contributed by atoms with Crippen LogP contribution >= 0.6 is 11.6 Å². The van der Waals surface area contributed by atoms with Crippen molar-refractivity contribution in [3.8, 4) is 0 Å². The first-order chi connectivity index (χ1) is 11.8. The maximum atomic E-state index is 14.1. The van der Waals surface area contributed by atoms with Gasteiger partial charge in [0.2, 0.25) is 11.8 Å². The molecule has 2 aromatic carbocycles. The molecule has 1 aliphatic heterocycles. The average molecular weight is 365 g/mol. The normalized spacial score (nSPS) is 17.0. The van der Waals surface area contributed by atoms with Crippen molar-refractivity contribution in [3.05, 3.63) is 58.6 Å². The van der Waals surface area contributed by atoms with Gasteiger partial charge in [-0.3, -0.25) is 9.59 Å². The predicted molar refractivity (Wildman–Crippen MR) is 91.6 cm³/mol. The number of hydrogen-bond acceptors (Lipinski definition) is 2. The maximum Gasteiger partial charge on any atom is 0.229 e. The summed E-state index contributed by atoms with van der Waals surface area (Å²) in [7, 11) is 0. The Kier molecular flexibility index (Phi) is 4.72. The van der Waals surface area contributed by atoms with Crippen LogP contribution in [-0.4, -0.2) is 18.4 Å². The van der Waals surface area contributed by atoms with Gasteiger partial charge in [-0.25, -0.2) is 8.78 Å². The lowest BCUT2D eigenvalue weighted by atomic mass is 10.1. The molecule has 130 valence electrons. The van der Waals surface area contributed by atoms with Crippen LogP contribution in [0.25, 0.3) is 0 Å².